The Labute approximate surface area is 125 Å². The Morgan fingerprint density at radius 1 is 1.23 bits per heavy atom. The fourth-order valence-corrected chi connectivity index (χ4v) is 2.37. The van der Waals surface area contributed by atoms with Crippen LogP contribution in [0.4, 0.5) is 0 Å². The predicted molar refractivity (Wildman–Crippen MR) is 75.6 cm³/mol. The van der Waals surface area contributed by atoms with Crippen molar-refractivity contribution in [1.29, 1.82) is 0 Å². The number of fused-ring (bicyclic) bond motifs is 1. The molecule has 3 N–H and O–H groups in total. The Morgan fingerprint density at radius 2 is 2.00 bits per heavy atom. The van der Waals surface area contributed by atoms with Crippen molar-refractivity contribution in [1.82, 2.24) is 0 Å². The third kappa shape index (κ3) is 2.59. The molecule has 0 bridgehead atoms. The zero-order valence-corrected chi connectivity index (χ0v) is 11.8. The minimum absolute atomic E-state index is 0.314. The van der Waals surface area contributed by atoms with Crippen LogP contribution in [-0.4, -0.2) is 46.5 Å². The second-order valence-corrected chi connectivity index (χ2v) is 5.24. The maximum atomic E-state index is 11.5. The van der Waals surface area contributed by atoms with E-state index in [-0.39, 0.29) is 0 Å². The first-order chi connectivity index (χ1) is 10.5. The van der Waals surface area contributed by atoms with Crippen molar-refractivity contribution in [2.75, 3.05) is 6.61 Å². The van der Waals surface area contributed by atoms with E-state index >= 15 is 0 Å². The van der Waals surface area contributed by atoms with E-state index in [1.54, 1.807) is 25.1 Å². The van der Waals surface area contributed by atoms with Crippen molar-refractivity contribution < 1.29 is 29.2 Å². The summed E-state index contributed by atoms with van der Waals surface area (Å²) in [4.78, 5) is 11.5. The molecular weight excluding hydrogens is 292 g/mol. The van der Waals surface area contributed by atoms with Gasteiger partial charge in [-0.2, -0.15) is 0 Å². The average molecular weight is 308 g/mol. The lowest BCUT2D eigenvalue weighted by Crippen LogP contribution is -2.35. The van der Waals surface area contributed by atoms with E-state index in [1.807, 2.05) is 0 Å². The first kappa shape index (κ1) is 15.0. The minimum Gasteiger partial charge on any atom is -0.462 e. The van der Waals surface area contributed by atoms with Crippen LogP contribution >= 0.6 is 0 Å². The van der Waals surface area contributed by atoms with Gasteiger partial charge in [0.2, 0.25) is 6.29 Å². The zero-order chi connectivity index (χ0) is 15.9. The van der Waals surface area contributed by atoms with E-state index in [0.717, 1.165) is 5.39 Å². The van der Waals surface area contributed by atoms with Crippen molar-refractivity contribution in [2.24, 2.45) is 0 Å². The Bertz CT molecular complexity index is 738. The molecule has 1 aliphatic heterocycles. The van der Waals surface area contributed by atoms with Gasteiger partial charge >= 0.3 is 5.63 Å². The number of aliphatic hydroxyl groups is 3. The lowest BCUT2D eigenvalue weighted by atomic mass is 10.1. The number of aryl methyl sites for hydroxylation is 1. The molecule has 3 rings (SSSR count). The minimum atomic E-state index is -1.28. The van der Waals surface area contributed by atoms with Gasteiger partial charge in [0.05, 0.1) is 6.61 Å². The lowest BCUT2D eigenvalue weighted by molar-refractivity contribution is -0.116. The highest BCUT2D eigenvalue weighted by molar-refractivity contribution is 5.78. The molecule has 22 heavy (non-hydrogen) atoms. The normalized spacial score (nSPS) is 28.2. The number of hydrogen-bond donors (Lipinski definition) is 3. The van der Waals surface area contributed by atoms with Gasteiger partial charge in [0.25, 0.3) is 0 Å². The molecule has 1 saturated heterocycles. The van der Waals surface area contributed by atoms with Crippen molar-refractivity contribution in [2.45, 2.75) is 31.5 Å². The number of benzene rings is 1. The fraction of sp³-hybridized carbons (Fsp3) is 0.400. The van der Waals surface area contributed by atoms with Gasteiger partial charge in [0.1, 0.15) is 29.6 Å². The topological polar surface area (TPSA) is 109 Å². The fourth-order valence-electron chi connectivity index (χ4n) is 2.37. The summed E-state index contributed by atoms with van der Waals surface area (Å²) < 4.78 is 15.9. The molecule has 0 saturated carbocycles. The summed E-state index contributed by atoms with van der Waals surface area (Å²) in [5.74, 6) is 0.314. The maximum Gasteiger partial charge on any atom is 0.339 e. The molecule has 4 atom stereocenters. The quantitative estimate of drug-likeness (QED) is 0.680. The zero-order valence-electron chi connectivity index (χ0n) is 11.8. The molecule has 1 aromatic carbocycles. The smallest absolute Gasteiger partial charge is 0.339 e. The molecule has 1 aliphatic rings. The molecule has 2 heterocycles. The maximum absolute atomic E-state index is 11.5. The number of rotatable bonds is 3. The molecule has 7 heteroatoms. The first-order valence-electron chi connectivity index (χ1n) is 6.83. The monoisotopic (exact) mass is 308 g/mol. The second kappa shape index (κ2) is 5.69. The summed E-state index contributed by atoms with van der Waals surface area (Å²) in [7, 11) is 0. The van der Waals surface area contributed by atoms with Crippen molar-refractivity contribution >= 4 is 11.0 Å². The summed E-state index contributed by atoms with van der Waals surface area (Å²) >= 11 is 0. The van der Waals surface area contributed by atoms with Crippen molar-refractivity contribution in [3.8, 4) is 5.75 Å². The SMILES string of the molecule is Cc1cc2ccc(OC3O[C@H](CO)[C@H](O)[C@H]3O)cc2oc1=O. The Balaban J connectivity index is 1.85. The first-order valence-corrected chi connectivity index (χ1v) is 6.83. The van der Waals surface area contributed by atoms with E-state index in [2.05, 4.69) is 0 Å². The third-order valence-corrected chi connectivity index (χ3v) is 3.63. The molecule has 7 nitrogen and oxygen atoms in total. The lowest BCUT2D eigenvalue weighted by Gasteiger charge is -2.16. The molecule has 0 radical (unpaired) electrons. The van der Waals surface area contributed by atoms with Crippen LogP contribution < -0.4 is 10.4 Å². The molecule has 118 valence electrons. The van der Waals surface area contributed by atoms with E-state index in [4.69, 9.17) is 19.0 Å². The van der Waals surface area contributed by atoms with Gasteiger partial charge in [0, 0.05) is 17.0 Å². The van der Waals surface area contributed by atoms with Gasteiger partial charge in [-0.15, -0.1) is 0 Å². The summed E-state index contributed by atoms with van der Waals surface area (Å²) in [6.45, 7) is 1.23. The molecule has 0 spiro atoms. The van der Waals surface area contributed by atoms with Gasteiger partial charge in [-0.25, -0.2) is 4.79 Å². The highest BCUT2D eigenvalue weighted by atomic mass is 16.7. The Morgan fingerprint density at radius 3 is 2.68 bits per heavy atom. The van der Waals surface area contributed by atoms with E-state index in [9.17, 15) is 15.0 Å². The molecule has 1 fully saturated rings. The van der Waals surface area contributed by atoms with Crippen molar-refractivity contribution in [3.05, 3.63) is 40.2 Å². The molecular formula is C15H16O7. The van der Waals surface area contributed by atoms with Gasteiger partial charge in [0.15, 0.2) is 0 Å². The summed E-state index contributed by atoms with van der Waals surface area (Å²) in [6, 6.07) is 6.56. The molecule has 1 aromatic heterocycles. The van der Waals surface area contributed by atoms with Gasteiger partial charge in [-0.3, -0.25) is 0 Å². The largest absolute Gasteiger partial charge is 0.462 e. The van der Waals surface area contributed by atoms with Crippen molar-refractivity contribution in [3.63, 3.8) is 0 Å². The van der Waals surface area contributed by atoms with Crippen LogP contribution in [0, 0.1) is 6.92 Å². The van der Waals surface area contributed by atoms with Crippen LogP contribution in [0.1, 0.15) is 5.56 Å². The highest BCUT2D eigenvalue weighted by Gasteiger charge is 2.43. The third-order valence-electron chi connectivity index (χ3n) is 3.63. The van der Waals surface area contributed by atoms with Crippen LogP contribution in [0.3, 0.4) is 0 Å². The predicted octanol–water partition coefficient (Wildman–Crippen LogP) is -0.0808. The van der Waals surface area contributed by atoms with Gasteiger partial charge < -0.3 is 29.2 Å². The van der Waals surface area contributed by atoms with Crippen LogP contribution in [0.25, 0.3) is 11.0 Å². The number of ether oxygens (including phenoxy) is 2. The Hall–Kier alpha value is -1.93. The van der Waals surface area contributed by atoms with Crippen LogP contribution in [0.2, 0.25) is 0 Å². The van der Waals surface area contributed by atoms with E-state index < -0.39 is 36.8 Å². The van der Waals surface area contributed by atoms with Crippen LogP contribution in [0.15, 0.2) is 33.5 Å². The average Bonchev–Trinajstić information content (AvgIpc) is 2.76. The van der Waals surface area contributed by atoms with E-state index in [1.165, 1.54) is 6.07 Å². The molecule has 0 aliphatic carbocycles. The highest BCUT2D eigenvalue weighted by Crippen LogP contribution is 2.26. The van der Waals surface area contributed by atoms with Crippen LogP contribution in [-0.2, 0) is 4.74 Å². The van der Waals surface area contributed by atoms with Crippen LogP contribution in [0.5, 0.6) is 5.75 Å². The van der Waals surface area contributed by atoms with Gasteiger partial charge in [-0.1, -0.05) is 0 Å². The number of aliphatic hydroxyl groups excluding tert-OH is 3. The summed E-state index contributed by atoms with van der Waals surface area (Å²) in [5.41, 5.74) is 0.419. The molecule has 2 aromatic rings. The Kier molecular flexibility index (Phi) is 3.88. The molecule has 0 amide bonds. The van der Waals surface area contributed by atoms with Gasteiger partial charge in [-0.05, 0) is 25.1 Å². The summed E-state index contributed by atoms with van der Waals surface area (Å²) in [5, 5.41) is 29.3. The standard InChI is InChI=1S/C15H16O7/c1-7-4-8-2-3-9(5-10(8)21-14(7)19)20-15-13(18)12(17)11(6-16)22-15/h2-5,11-13,15-18H,6H2,1H3/t11-,12+,13-,15?/m1/s1. The summed E-state index contributed by atoms with van der Waals surface area (Å²) in [6.07, 6.45) is -4.52. The molecule has 1 unspecified atom stereocenters. The number of hydrogen-bond acceptors (Lipinski definition) is 7. The second-order valence-electron chi connectivity index (χ2n) is 5.24. The van der Waals surface area contributed by atoms with E-state index in [0.29, 0.717) is 16.9 Å².